The Morgan fingerprint density at radius 3 is 2.53 bits per heavy atom. The minimum atomic E-state index is 0.704. The topological polar surface area (TPSA) is 37.8 Å². The highest BCUT2D eigenvalue weighted by Gasteiger charge is 2.28. The average Bonchev–Trinajstić information content (AvgIpc) is 3.14. The molecule has 94 valence electrons. The third-order valence-electron chi connectivity index (χ3n) is 3.21. The second-order valence-electron chi connectivity index (χ2n) is 4.95. The summed E-state index contributed by atoms with van der Waals surface area (Å²) in [5, 5.41) is 3.43. The predicted molar refractivity (Wildman–Crippen MR) is 71.5 cm³/mol. The van der Waals surface area contributed by atoms with Crippen LogP contribution in [0.5, 0.6) is 0 Å². The van der Waals surface area contributed by atoms with E-state index in [-0.39, 0.29) is 0 Å². The summed E-state index contributed by atoms with van der Waals surface area (Å²) in [5.74, 6) is 2.78. The summed E-state index contributed by atoms with van der Waals surface area (Å²) in [7, 11) is 0. The number of aryl methyl sites for hydroxylation is 1. The van der Waals surface area contributed by atoms with Crippen LogP contribution in [0.25, 0.3) is 0 Å². The van der Waals surface area contributed by atoms with Gasteiger partial charge in [0.05, 0.1) is 5.69 Å². The Hall–Kier alpha value is -1.12. The number of rotatable bonds is 6. The Labute approximate surface area is 104 Å². The molecule has 2 rings (SSSR count). The van der Waals surface area contributed by atoms with E-state index in [0.717, 1.165) is 37.4 Å². The van der Waals surface area contributed by atoms with E-state index < -0.39 is 0 Å². The van der Waals surface area contributed by atoms with Gasteiger partial charge in [0.15, 0.2) is 0 Å². The molecule has 0 amide bonds. The molecule has 0 unspecified atom stereocenters. The Kier molecular flexibility index (Phi) is 3.97. The Morgan fingerprint density at radius 2 is 1.94 bits per heavy atom. The molecule has 0 radical (unpaired) electrons. The molecule has 1 aliphatic rings. The minimum absolute atomic E-state index is 0.704. The number of anilines is 1. The van der Waals surface area contributed by atoms with Gasteiger partial charge in [-0.15, -0.1) is 0 Å². The lowest BCUT2D eigenvalue weighted by Gasteiger charge is -2.13. The maximum Gasteiger partial charge on any atom is 0.132 e. The third kappa shape index (κ3) is 2.96. The van der Waals surface area contributed by atoms with Crippen LogP contribution in [-0.4, -0.2) is 16.5 Å². The van der Waals surface area contributed by atoms with Crippen LogP contribution in [0.4, 0.5) is 5.82 Å². The second-order valence-corrected chi connectivity index (χ2v) is 4.95. The zero-order chi connectivity index (χ0) is 12.3. The molecule has 1 fully saturated rings. The van der Waals surface area contributed by atoms with Crippen molar-refractivity contribution in [3.63, 3.8) is 0 Å². The molecule has 0 saturated heterocycles. The fourth-order valence-corrected chi connectivity index (χ4v) is 2.09. The lowest BCUT2D eigenvalue weighted by atomic mass is 10.1. The first-order valence-corrected chi connectivity index (χ1v) is 6.87. The van der Waals surface area contributed by atoms with Crippen molar-refractivity contribution in [2.24, 2.45) is 0 Å². The van der Waals surface area contributed by atoms with Gasteiger partial charge in [0, 0.05) is 24.4 Å². The van der Waals surface area contributed by atoms with Crippen LogP contribution >= 0.6 is 0 Å². The molecule has 0 bridgehead atoms. The largest absolute Gasteiger partial charge is 0.370 e. The first kappa shape index (κ1) is 12.3. The van der Waals surface area contributed by atoms with Crippen LogP contribution in [0.1, 0.15) is 62.5 Å². The maximum absolute atomic E-state index is 4.74. The second kappa shape index (κ2) is 5.48. The fraction of sp³-hybridized carbons (Fsp3) is 0.714. The summed E-state index contributed by atoms with van der Waals surface area (Å²) in [5.41, 5.74) is 2.56. The van der Waals surface area contributed by atoms with Crippen LogP contribution < -0.4 is 5.32 Å². The van der Waals surface area contributed by atoms with Crippen LogP contribution in [0.15, 0.2) is 0 Å². The predicted octanol–water partition coefficient (Wildman–Crippen LogP) is 3.44. The van der Waals surface area contributed by atoms with E-state index in [1.807, 2.05) is 0 Å². The van der Waals surface area contributed by atoms with Gasteiger partial charge in [0.2, 0.25) is 0 Å². The standard InChI is InChI=1S/C14H23N3/c1-4-6-12-16-13(11-7-8-11)10(3)14(17-12)15-9-5-2/h11H,4-9H2,1-3H3,(H,15,16,17). The first-order valence-electron chi connectivity index (χ1n) is 6.87. The van der Waals surface area contributed by atoms with Gasteiger partial charge >= 0.3 is 0 Å². The first-order chi connectivity index (χ1) is 8.26. The highest BCUT2D eigenvalue weighted by Crippen LogP contribution is 2.41. The summed E-state index contributed by atoms with van der Waals surface area (Å²) in [6.07, 6.45) is 5.83. The van der Waals surface area contributed by atoms with E-state index in [4.69, 9.17) is 4.98 Å². The number of nitrogens with zero attached hydrogens (tertiary/aromatic N) is 2. The number of hydrogen-bond acceptors (Lipinski definition) is 3. The van der Waals surface area contributed by atoms with Crippen molar-refractivity contribution in [1.82, 2.24) is 9.97 Å². The molecule has 1 aliphatic carbocycles. The van der Waals surface area contributed by atoms with E-state index >= 15 is 0 Å². The smallest absolute Gasteiger partial charge is 0.132 e. The highest BCUT2D eigenvalue weighted by atomic mass is 15.0. The van der Waals surface area contributed by atoms with Crippen molar-refractivity contribution in [3.05, 3.63) is 17.1 Å². The molecule has 0 spiro atoms. The van der Waals surface area contributed by atoms with E-state index in [9.17, 15) is 0 Å². The molecular formula is C14H23N3. The van der Waals surface area contributed by atoms with Gasteiger partial charge < -0.3 is 5.32 Å². The maximum atomic E-state index is 4.74. The molecule has 17 heavy (non-hydrogen) atoms. The summed E-state index contributed by atoms with van der Waals surface area (Å²) in [6, 6.07) is 0. The van der Waals surface area contributed by atoms with Crippen molar-refractivity contribution >= 4 is 5.82 Å². The van der Waals surface area contributed by atoms with Gasteiger partial charge in [-0.2, -0.15) is 0 Å². The van der Waals surface area contributed by atoms with E-state index in [0.29, 0.717) is 5.92 Å². The average molecular weight is 233 g/mol. The summed E-state index contributed by atoms with van der Waals surface area (Å²) < 4.78 is 0. The molecule has 1 saturated carbocycles. The SMILES string of the molecule is CCCNc1nc(CCC)nc(C2CC2)c1C. The van der Waals surface area contributed by atoms with E-state index in [1.165, 1.54) is 24.1 Å². The van der Waals surface area contributed by atoms with Crippen LogP contribution in [-0.2, 0) is 6.42 Å². The molecule has 0 aromatic carbocycles. The van der Waals surface area contributed by atoms with Gasteiger partial charge in [-0.25, -0.2) is 9.97 Å². The van der Waals surface area contributed by atoms with Gasteiger partial charge in [0.25, 0.3) is 0 Å². The Balaban J connectivity index is 2.27. The van der Waals surface area contributed by atoms with Crippen LogP contribution in [0.2, 0.25) is 0 Å². The zero-order valence-electron chi connectivity index (χ0n) is 11.2. The van der Waals surface area contributed by atoms with Crippen molar-refractivity contribution in [2.75, 3.05) is 11.9 Å². The molecule has 1 aromatic rings. The monoisotopic (exact) mass is 233 g/mol. The molecule has 1 aromatic heterocycles. The van der Waals surface area contributed by atoms with Crippen LogP contribution in [0, 0.1) is 6.92 Å². The fourth-order valence-electron chi connectivity index (χ4n) is 2.09. The van der Waals surface area contributed by atoms with Gasteiger partial charge in [-0.1, -0.05) is 13.8 Å². The summed E-state index contributed by atoms with van der Waals surface area (Å²) in [4.78, 5) is 9.39. The van der Waals surface area contributed by atoms with Crippen molar-refractivity contribution < 1.29 is 0 Å². The van der Waals surface area contributed by atoms with Gasteiger partial charge in [0.1, 0.15) is 11.6 Å². The zero-order valence-corrected chi connectivity index (χ0v) is 11.2. The summed E-state index contributed by atoms with van der Waals surface area (Å²) in [6.45, 7) is 7.51. The lowest BCUT2D eigenvalue weighted by Crippen LogP contribution is -2.10. The Bertz CT molecular complexity index is 383. The molecule has 3 heteroatoms. The number of aromatic nitrogens is 2. The highest BCUT2D eigenvalue weighted by molar-refractivity contribution is 5.47. The van der Waals surface area contributed by atoms with Gasteiger partial charge in [-0.3, -0.25) is 0 Å². The molecule has 1 heterocycles. The van der Waals surface area contributed by atoms with Crippen molar-refractivity contribution in [3.8, 4) is 0 Å². The third-order valence-corrected chi connectivity index (χ3v) is 3.21. The molecule has 3 nitrogen and oxygen atoms in total. The summed E-state index contributed by atoms with van der Waals surface area (Å²) >= 11 is 0. The van der Waals surface area contributed by atoms with E-state index in [1.54, 1.807) is 0 Å². The van der Waals surface area contributed by atoms with E-state index in [2.05, 4.69) is 31.1 Å². The lowest BCUT2D eigenvalue weighted by molar-refractivity contribution is 0.802. The van der Waals surface area contributed by atoms with Crippen molar-refractivity contribution in [1.29, 1.82) is 0 Å². The number of hydrogen-bond donors (Lipinski definition) is 1. The quantitative estimate of drug-likeness (QED) is 0.818. The Morgan fingerprint density at radius 1 is 1.18 bits per heavy atom. The molecule has 1 N–H and O–H groups in total. The van der Waals surface area contributed by atoms with Gasteiger partial charge in [-0.05, 0) is 32.6 Å². The minimum Gasteiger partial charge on any atom is -0.370 e. The molecular weight excluding hydrogens is 210 g/mol. The molecule has 0 aliphatic heterocycles. The normalized spacial score (nSPS) is 15.0. The van der Waals surface area contributed by atoms with Crippen LogP contribution in [0.3, 0.4) is 0 Å². The number of nitrogens with one attached hydrogen (secondary N) is 1. The van der Waals surface area contributed by atoms with Crippen molar-refractivity contribution in [2.45, 2.75) is 58.8 Å². The molecule has 0 atom stereocenters.